The monoisotopic (exact) mass is 338 g/mol. The second kappa shape index (κ2) is 8.00. The molecule has 3 aromatic rings. The van der Waals surface area contributed by atoms with E-state index < -0.39 is 0 Å². The Bertz CT molecular complexity index is 817. The number of rotatable bonds is 7. The van der Waals surface area contributed by atoms with Crippen LogP contribution < -0.4 is 10.6 Å². The van der Waals surface area contributed by atoms with Crippen LogP contribution in [-0.4, -0.2) is 32.6 Å². The van der Waals surface area contributed by atoms with Crippen LogP contribution in [0.5, 0.6) is 0 Å². The molecule has 3 rings (SSSR count). The van der Waals surface area contributed by atoms with Gasteiger partial charge in [-0.1, -0.05) is 35.5 Å². The first kappa shape index (κ1) is 16.6. The summed E-state index contributed by atoms with van der Waals surface area (Å²) in [4.78, 5) is 24.5. The molecule has 8 nitrogen and oxygen atoms in total. The van der Waals surface area contributed by atoms with Crippen molar-refractivity contribution in [1.29, 1.82) is 0 Å². The number of carbonyl (C=O) groups excluding carboxylic acids is 1. The fourth-order valence-corrected chi connectivity index (χ4v) is 2.16. The van der Waals surface area contributed by atoms with Crippen molar-refractivity contribution < 1.29 is 9.32 Å². The lowest BCUT2D eigenvalue weighted by Gasteiger charge is -2.03. The number of hydrogen-bond donors (Lipinski definition) is 2. The average molecular weight is 338 g/mol. The van der Waals surface area contributed by atoms with Gasteiger partial charge in [0.25, 0.3) is 5.91 Å². The van der Waals surface area contributed by atoms with Gasteiger partial charge in [0.05, 0.1) is 12.1 Å². The predicted molar refractivity (Wildman–Crippen MR) is 90.9 cm³/mol. The maximum atomic E-state index is 12.1. The topological polar surface area (TPSA) is 106 Å². The van der Waals surface area contributed by atoms with E-state index in [-0.39, 0.29) is 12.5 Å². The van der Waals surface area contributed by atoms with Gasteiger partial charge in [-0.05, 0) is 12.5 Å². The molecule has 0 saturated heterocycles. The number of anilines is 1. The number of carbonyl (C=O) groups is 1. The Labute approximate surface area is 144 Å². The van der Waals surface area contributed by atoms with Crippen molar-refractivity contribution in [3.05, 3.63) is 65.6 Å². The highest BCUT2D eigenvalue weighted by molar-refractivity contribution is 5.93. The van der Waals surface area contributed by atoms with Crippen LogP contribution in [0.3, 0.4) is 0 Å². The zero-order valence-electron chi connectivity index (χ0n) is 13.8. The second-order valence-corrected chi connectivity index (χ2v) is 5.28. The van der Waals surface area contributed by atoms with E-state index >= 15 is 0 Å². The van der Waals surface area contributed by atoms with Gasteiger partial charge in [0.1, 0.15) is 0 Å². The summed E-state index contributed by atoms with van der Waals surface area (Å²) in [7, 11) is 0. The van der Waals surface area contributed by atoms with Crippen LogP contribution in [0.2, 0.25) is 0 Å². The maximum absolute atomic E-state index is 12.1. The molecule has 0 spiro atoms. The zero-order valence-corrected chi connectivity index (χ0v) is 13.8. The largest absolute Gasteiger partial charge is 0.355 e. The molecule has 0 aliphatic heterocycles. The van der Waals surface area contributed by atoms with E-state index in [0.717, 1.165) is 5.56 Å². The highest BCUT2D eigenvalue weighted by Gasteiger charge is 2.11. The molecule has 2 heterocycles. The lowest BCUT2D eigenvalue weighted by molar-refractivity contribution is 0.0945. The number of amides is 1. The molecule has 0 atom stereocenters. The molecule has 0 aliphatic carbocycles. The third-order valence-electron chi connectivity index (χ3n) is 3.36. The molecule has 0 unspecified atom stereocenters. The molecule has 2 N–H and O–H groups in total. The van der Waals surface area contributed by atoms with Gasteiger partial charge in [-0.3, -0.25) is 4.79 Å². The Hall–Kier alpha value is -3.29. The third kappa shape index (κ3) is 4.60. The molecular weight excluding hydrogens is 320 g/mol. The van der Waals surface area contributed by atoms with E-state index in [1.54, 1.807) is 0 Å². The summed E-state index contributed by atoms with van der Waals surface area (Å²) in [5, 5.41) is 9.60. The Morgan fingerprint density at radius 2 is 1.92 bits per heavy atom. The second-order valence-electron chi connectivity index (χ2n) is 5.28. The summed E-state index contributed by atoms with van der Waals surface area (Å²) >= 11 is 0. The summed E-state index contributed by atoms with van der Waals surface area (Å²) in [6.45, 7) is 2.81. The number of benzene rings is 1. The van der Waals surface area contributed by atoms with Crippen LogP contribution in [0.1, 0.15) is 34.6 Å². The molecule has 1 amide bonds. The van der Waals surface area contributed by atoms with Gasteiger partial charge in [-0.15, -0.1) is 0 Å². The molecular formula is C17H18N6O2. The Morgan fingerprint density at radius 1 is 1.16 bits per heavy atom. The van der Waals surface area contributed by atoms with E-state index in [2.05, 4.69) is 30.7 Å². The van der Waals surface area contributed by atoms with E-state index in [1.807, 2.05) is 37.3 Å². The highest BCUT2D eigenvalue weighted by Crippen LogP contribution is 2.07. The first-order chi connectivity index (χ1) is 12.2. The number of hydrogen-bond acceptors (Lipinski definition) is 7. The quantitative estimate of drug-likeness (QED) is 0.676. The zero-order chi connectivity index (χ0) is 17.5. The Balaban J connectivity index is 1.54. The first-order valence-electron chi connectivity index (χ1n) is 7.94. The number of aromatic nitrogens is 4. The van der Waals surface area contributed by atoms with Crippen molar-refractivity contribution in [2.75, 3.05) is 11.9 Å². The Morgan fingerprint density at radius 3 is 2.64 bits per heavy atom. The summed E-state index contributed by atoms with van der Waals surface area (Å²) in [6, 6.07) is 9.86. The van der Waals surface area contributed by atoms with Gasteiger partial charge < -0.3 is 15.2 Å². The normalized spacial score (nSPS) is 10.4. The van der Waals surface area contributed by atoms with E-state index in [0.29, 0.717) is 36.2 Å². The number of nitrogens with one attached hydrogen (secondary N) is 2. The number of nitrogens with zero attached hydrogens (tertiary/aromatic N) is 4. The van der Waals surface area contributed by atoms with Gasteiger partial charge in [0, 0.05) is 25.4 Å². The van der Waals surface area contributed by atoms with Gasteiger partial charge in [-0.2, -0.15) is 4.98 Å². The summed E-state index contributed by atoms with van der Waals surface area (Å²) < 4.78 is 5.16. The van der Waals surface area contributed by atoms with Gasteiger partial charge >= 0.3 is 0 Å². The van der Waals surface area contributed by atoms with Crippen molar-refractivity contribution >= 4 is 11.9 Å². The lowest BCUT2D eigenvalue weighted by Crippen LogP contribution is -2.23. The first-order valence-corrected chi connectivity index (χ1v) is 7.94. The molecule has 0 bridgehead atoms. The average Bonchev–Trinajstić information content (AvgIpc) is 3.09. The van der Waals surface area contributed by atoms with E-state index in [4.69, 9.17) is 4.52 Å². The van der Waals surface area contributed by atoms with Crippen LogP contribution in [-0.2, 0) is 13.0 Å². The van der Waals surface area contributed by atoms with Gasteiger partial charge in [-0.25, -0.2) is 9.97 Å². The van der Waals surface area contributed by atoms with Crippen LogP contribution in [0.15, 0.2) is 47.2 Å². The van der Waals surface area contributed by atoms with Crippen molar-refractivity contribution in [3.63, 3.8) is 0 Å². The van der Waals surface area contributed by atoms with E-state index in [9.17, 15) is 4.79 Å². The van der Waals surface area contributed by atoms with Crippen LogP contribution >= 0.6 is 0 Å². The molecule has 8 heteroatoms. The van der Waals surface area contributed by atoms with Crippen molar-refractivity contribution in [1.82, 2.24) is 25.4 Å². The van der Waals surface area contributed by atoms with Gasteiger partial charge in [0.15, 0.2) is 5.82 Å². The third-order valence-corrected chi connectivity index (χ3v) is 3.36. The standard InChI is InChI=1S/C17H18N6O2/c1-2-18-17-20-9-13(10-21-17)16(24)19-11-15-22-14(23-25-15)8-12-6-4-3-5-7-12/h3-7,9-10H,2,8,11H2,1H3,(H,19,24)(H,18,20,21). The molecule has 128 valence electrons. The minimum Gasteiger partial charge on any atom is -0.355 e. The fourth-order valence-electron chi connectivity index (χ4n) is 2.16. The molecule has 2 aromatic heterocycles. The van der Waals surface area contributed by atoms with E-state index in [1.165, 1.54) is 12.4 Å². The summed E-state index contributed by atoms with van der Waals surface area (Å²) in [5.74, 6) is 1.12. The smallest absolute Gasteiger partial charge is 0.254 e. The van der Waals surface area contributed by atoms with Gasteiger partial charge in [0.2, 0.25) is 11.8 Å². The highest BCUT2D eigenvalue weighted by atomic mass is 16.5. The van der Waals surface area contributed by atoms with Crippen molar-refractivity contribution in [2.45, 2.75) is 19.9 Å². The molecule has 0 radical (unpaired) electrons. The summed E-state index contributed by atoms with van der Waals surface area (Å²) in [5.41, 5.74) is 1.46. The maximum Gasteiger partial charge on any atom is 0.254 e. The van der Waals surface area contributed by atoms with Crippen LogP contribution in [0.25, 0.3) is 0 Å². The Kier molecular flexibility index (Phi) is 5.30. The fraction of sp³-hybridized carbons (Fsp3) is 0.235. The van der Waals surface area contributed by atoms with Crippen molar-refractivity contribution in [2.24, 2.45) is 0 Å². The predicted octanol–water partition coefficient (Wildman–Crippen LogP) is 1.81. The molecule has 0 fully saturated rings. The van der Waals surface area contributed by atoms with Crippen LogP contribution in [0, 0.1) is 0 Å². The molecule has 25 heavy (non-hydrogen) atoms. The molecule has 0 aliphatic rings. The van der Waals surface area contributed by atoms with Crippen molar-refractivity contribution in [3.8, 4) is 0 Å². The molecule has 1 aromatic carbocycles. The summed E-state index contributed by atoms with van der Waals surface area (Å²) in [6.07, 6.45) is 3.52. The minimum absolute atomic E-state index is 0.148. The minimum atomic E-state index is -0.300. The SMILES string of the molecule is CCNc1ncc(C(=O)NCc2nc(Cc3ccccc3)no2)cn1. The lowest BCUT2D eigenvalue weighted by atomic mass is 10.1. The van der Waals surface area contributed by atoms with Crippen LogP contribution in [0.4, 0.5) is 5.95 Å². The molecule has 0 saturated carbocycles.